The van der Waals surface area contributed by atoms with Gasteiger partial charge >= 0.3 is 6.03 Å². The van der Waals surface area contributed by atoms with E-state index in [-0.39, 0.29) is 24.2 Å². The van der Waals surface area contributed by atoms with Crippen LogP contribution in [-0.4, -0.2) is 24.5 Å². The lowest BCUT2D eigenvalue weighted by atomic mass is 10.2. The van der Waals surface area contributed by atoms with Crippen LogP contribution in [0.2, 0.25) is 5.02 Å². The van der Waals surface area contributed by atoms with Gasteiger partial charge in [0.1, 0.15) is 5.82 Å². The van der Waals surface area contributed by atoms with Crippen molar-refractivity contribution in [3.05, 3.63) is 59.4 Å². The summed E-state index contributed by atoms with van der Waals surface area (Å²) in [6.45, 7) is 0.341. The van der Waals surface area contributed by atoms with Crippen LogP contribution in [0.4, 0.5) is 20.6 Å². The third-order valence-corrected chi connectivity index (χ3v) is 3.92. The number of anilines is 2. The minimum atomic E-state index is -0.406. The molecule has 1 heterocycles. The minimum Gasteiger partial charge on any atom is -0.333 e. The highest BCUT2D eigenvalue weighted by Gasteiger charge is 2.31. The Labute approximate surface area is 143 Å². The van der Waals surface area contributed by atoms with Gasteiger partial charge in [0.25, 0.3) is 0 Å². The van der Waals surface area contributed by atoms with Crippen molar-refractivity contribution in [3.8, 4) is 0 Å². The molecule has 0 spiro atoms. The van der Waals surface area contributed by atoms with Crippen LogP contribution in [0.15, 0.2) is 48.5 Å². The maximum absolute atomic E-state index is 13.0. The Morgan fingerprint density at radius 2 is 1.96 bits per heavy atom. The highest BCUT2D eigenvalue weighted by Crippen LogP contribution is 2.22. The van der Waals surface area contributed by atoms with Gasteiger partial charge in [0.2, 0.25) is 5.91 Å². The summed E-state index contributed by atoms with van der Waals surface area (Å²) in [5.74, 6) is -0.476. The van der Waals surface area contributed by atoms with Crippen LogP contribution in [0.1, 0.15) is 6.42 Å². The van der Waals surface area contributed by atoms with Crippen LogP contribution in [0.5, 0.6) is 0 Å². The molecule has 0 radical (unpaired) electrons. The molecule has 1 fully saturated rings. The van der Waals surface area contributed by atoms with E-state index in [4.69, 9.17) is 11.6 Å². The van der Waals surface area contributed by atoms with E-state index in [0.29, 0.717) is 22.9 Å². The van der Waals surface area contributed by atoms with E-state index in [9.17, 15) is 14.0 Å². The van der Waals surface area contributed by atoms with E-state index in [1.54, 1.807) is 36.4 Å². The fraction of sp³-hybridized carbons (Fsp3) is 0.176. The number of rotatable bonds is 3. The normalized spacial score (nSPS) is 17.0. The Bertz CT molecular complexity index is 767. The summed E-state index contributed by atoms with van der Waals surface area (Å²) >= 11 is 5.87. The molecule has 1 saturated heterocycles. The van der Waals surface area contributed by atoms with E-state index in [2.05, 4.69) is 10.6 Å². The summed E-state index contributed by atoms with van der Waals surface area (Å²) in [5.41, 5.74) is 1.18. The molecule has 0 aromatic heterocycles. The highest BCUT2D eigenvalue weighted by molar-refractivity contribution is 6.30. The van der Waals surface area contributed by atoms with Gasteiger partial charge in [0.05, 0.1) is 6.04 Å². The summed E-state index contributed by atoms with van der Waals surface area (Å²) in [4.78, 5) is 25.7. The lowest BCUT2D eigenvalue weighted by molar-refractivity contribution is -0.117. The molecule has 2 N–H and O–H groups in total. The van der Waals surface area contributed by atoms with Crippen LogP contribution in [0.25, 0.3) is 0 Å². The number of hydrogen-bond donors (Lipinski definition) is 2. The Balaban J connectivity index is 1.59. The summed E-state index contributed by atoms with van der Waals surface area (Å²) in [7, 11) is 0. The molecular formula is C17H15ClFN3O2. The third-order valence-electron chi connectivity index (χ3n) is 3.68. The Morgan fingerprint density at radius 3 is 2.67 bits per heavy atom. The first-order chi connectivity index (χ1) is 11.5. The molecule has 2 aromatic carbocycles. The zero-order chi connectivity index (χ0) is 17.1. The van der Waals surface area contributed by atoms with Crippen LogP contribution in [-0.2, 0) is 4.79 Å². The van der Waals surface area contributed by atoms with Crippen molar-refractivity contribution < 1.29 is 14.0 Å². The summed E-state index contributed by atoms with van der Waals surface area (Å²) in [6, 6.07) is 11.8. The number of nitrogens with one attached hydrogen (secondary N) is 2. The van der Waals surface area contributed by atoms with Gasteiger partial charge in [0.15, 0.2) is 0 Å². The number of benzene rings is 2. The van der Waals surface area contributed by atoms with Gasteiger partial charge < -0.3 is 15.5 Å². The lowest BCUT2D eigenvalue weighted by Gasteiger charge is -2.17. The predicted molar refractivity (Wildman–Crippen MR) is 90.8 cm³/mol. The van der Waals surface area contributed by atoms with Crippen LogP contribution >= 0.6 is 11.6 Å². The molecule has 0 unspecified atom stereocenters. The van der Waals surface area contributed by atoms with Gasteiger partial charge in [-0.05, 0) is 42.5 Å². The second kappa shape index (κ2) is 6.88. The molecular weight excluding hydrogens is 333 g/mol. The van der Waals surface area contributed by atoms with E-state index < -0.39 is 6.03 Å². The number of carbonyl (C=O) groups is 2. The van der Waals surface area contributed by atoms with E-state index in [1.165, 1.54) is 17.0 Å². The van der Waals surface area contributed by atoms with Gasteiger partial charge in [-0.15, -0.1) is 0 Å². The van der Waals surface area contributed by atoms with Gasteiger partial charge in [0, 0.05) is 29.4 Å². The van der Waals surface area contributed by atoms with Gasteiger partial charge in [-0.2, -0.15) is 0 Å². The molecule has 1 atom stereocenters. The van der Waals surface area contributed by atoms with Crippen LogP contribution < -0.4 is 15.5 Å². The zero-order valence-electron chi connectivity index (χ0n) is 12.6. The zero-order valence-corrected chi connectivity index (χ0v) is 13.4. The summed E-state index contributed by atoms with van der Waals surface area (Å²) < 4.78 is 13.0. The number of carbonyl (C=O) groups excluding carboxylic acids is 2. The first-order valence-electron chi connectivity index (χ1n) is 7.40. The Kier molecular flexibility index (Phi) is 4.66. The SMILES string of the molecule is O=C(Nc1cccc(Cl)c1)N[C@@H]1CC(=O)N(c2ccc(F)cc2)C1. The Hall–Kier alpha value is -2.60. The fourth-order valence-corrected chi connectivity index (χ4v) is 2.78. The quantitative estimate of drug-likeness (QED) is 0.893. The van der Waals surface area contributed by atoms with Crippen molar-refractivity contribution >= 4 is 34.9 Å². The van der Waals surface area contributed by atoms with E-state index in [0.717, 1.165) is 0 Å². The first-order valence-corrected chi connectivity index (χ1v) is 7.78. The smallest absolute Gasteiger partial charge is 0.319 e. The number of hydrogen-bond acceptors (Lipinski definition) is 2. The Morgan fingerprint density at radius 1 is 1.21 bits per heavy atom. The average Bonchev–Trinajstić information content (AvgIpc) is 2.88. The maximum Gasteiger partial charge on any atom is 0.319 e. The standard InChI is InChI=1S/C17H15ClFN3O2/c18-11-2-1-3-13(8-11)20-17(24)21-14-9-16(23)22(10-14)15-6-4-12(19)5-7-15/h1-8,14H,9-10H2,(H2,20,21,24)/t14-/m1/s1. The van der Waals surface area contributed by atoms with Crippen molar-refractivity contribution in [1.29, 1.82) is 0 Å². The molecule has 7 heteroatoms. The molecule has 3 amide bonds. The molecule has 2 aromatic rings. The van der Waals surface area contributed by atoms with Crippen molar-refractivity contribution in [2.75, 3.05) is 16.8 Å². The minimum absolute atomic E-state index is 0.116. The van der Waals surface area contributed by atoms with Crippen molar-refractivity contribution in [3.63, 3.8) is 0 Å². The first kappa shape index (κ1) is 16.3. The number of urea groups is 1. The summed E-state index contributed by atoms with van der Waals surface area (Å²) in [5, 5.41) is 5.95. The topological polar surface area (TPSA) is 61.4 Å². The molecule has 5 nitrogen and oxygen atoms in total. The van der Waals surface area contributed by atoms with Gasteiger partial charge in [-0.3, -0.25) is 4.79 Å². The molecule has 124 valence electrons. The molecule has 1 aliphatic heterocycles. The molecule has 3 rings (SSSR count). The van der Waals surface area contributed by atoms with Crippen LogP contribution in [0.3, 0.4) is 0 Å². The van der Waals surface area contributed by atoms with E-state index in [1.807, 2.05) is 0 Å². The van der Waals surface area contributed by atoms with Crippen molar-refractivity contribution in [2.24, 2.45) is 0 Å². The monoisotopic (exact) mass is 347 g/mol. The van der Waals surface area contributed by atoms with Gasteiger partial charge in [-0.1, -0.05) is 17.7 Å². The molecule has 1 aliphatic rings. The fourth-order valence-electron chi connectivity index (χ4n) is 2.59. The number of halogens is 2. The van der Waals surface area contributed by atoms with Gasteiger partial charge in [-0.25, -0.2) is 9.18 Å². The van der Waals surface area contributed by atoms with E-state index >= 15 is 0 Å². The van der Waals surface area contributed by atoms with Crippen molar-refractivity contribution in [1.82, 2.24) is 5.32 Å². The molecule has 0 bridgehead atoms. The number of nitrogens with zero attached hydrogens (tertiary/aromatic N) is 1. The predicted octanol–water partition coefficient (Wildman–Crippen LogP) is 3.41. The third kappa shape index (κ3) is 3.83. The largest absolute Gasteiger partial charge is 0.333 e. The second-order valence-electron chi connectivity index (χ2n) is 5.49. The highest BCUT2D eigenvalue weighted by atomic mass is 35.5. The van der Waals surface area contributed by atoms with Crippen molar-refractivity contribution in [2.45, 2.75) is 12.5 Å². The molecule has 24 heavy (non-hydrogen) atoms. The molecule has 0 aliphatic carbocycles. The lowest BCUT2D eigenvalue weighted by Crippen LogP contribution is -2.39. The summed E-state index contributed by atoms with van der Waals surface area (Å²) in [6.07, 6.45) is 0.195. The molecule has 0 saturated carbocycles. The number of amides is 3. The van der Waals surface area contributed by atoms with Crippen LogP contribution in [0, 0.1) is 5.82 Å². The average molecular weight is 348 g/mol. The second-order valence-corrected chi connectivity index (χ2v) is 5.93. The maximum atomic E-state index is 13.0.